The van der Waals surface area contributed by atoms with E-state index in [0.717, 1.165) is 24.3 Å². The van der Waals surface area contributed by atoms with Gasteiger partial charge in [-0.1, -0.05) is 56.3 Å². The van der Waals surface area contributed by atoms with Crippen LogP contribution >= 0.6 is 12.4 Å². The summed E-state index contributed by atoms with van der Waals surface area (Å²) in [6.45, 7) is 6.39. The molecule has 1 aliphatic rings. The number of halogens is 1. The molecule has 5 heteroatoms. The Kier molecular flexibility index (Phi) is 7.69. The molecule has 4 nitrogen and oxygen atoms in total. The fraction of sp³-hybridized carbons (Fsp3) is 0.409. The Labute approximate surface area is 168 Å². The van der Waals surface area contributed by atoms with Gasteiger partial charge in [-0.2, -0.15) is 0 Å². The van der Waals surface area contributed by atoms with Crippen molar-refractivity contribution in [2.24, 2.45) is 11.7 Å². The first-order valence-electron chi connectivity index (χ1n) is 9.39. The van der Waals surface area contributed by atoms with E-state index < -0.39 is 6.10 Å². The van der Waals surface area contributed by atoms with Gasteiger partial charge >= 0.3 is 0 Å². The first-order valence-corrected chi connectivity index (χ1v) is 9.39. The molecule has 2 N–H and O–H groups in total. The normalized spacial score (nSPS) is 17.5. The molecule has 1 fully saturated rings. The summed E-state index contributed by atoms with van der Waals surface area (Å²) in [4.78, 5) is 15.1. The van der Waals surface area contributed by atoms with Crippen molar-refractivity contribution in [3.05, 3.63) is 65.7 Å². The van der Waals surface area contributed by atoms with Crippen LogP contribution in [0.3, 0.4) is 0 Å². The van der Waals surface area contributed by atoms with Crippen molar-refractivity contribution in [1.82, 2.24) is 4.90 Å². The number of likely N-dealkylation sites (tertiary alicyclic amines) is 1. The molecule has 1 saturated heterocycles. The zero-order valence-corrected chi connectivity index (χ0v) is 16.8. The molecular weight excluding hydrogens is 360 g/mol. The summed E-state index contributed by atoms with van der Waals surface area (Å²) in [5.41, 5.74) is 7.86. The van der Waals surface area contributed by atoms with Gasteiger partial charge in [0.25, 0.3) is 5.91 Å². The van der Waals surface area contributed by atoms with E-state index in [1.165, 1.54) is 5.56 Å². The maximum Gasteiger partial charge on any atom is 0.268 e. The van der Waals surface area contributed by atoms with Gasteiger partial charge in [0, 0.05) is 18.7 Å². The van der Waals surface area contributed by atoms with E-state index in [1.54, 1.807) is 0 Å². The number of nitrogens with zero attached hydrogens (tertiary/aromatic N) is 1. The lowest BCUT2D eigenvalue weighted by atomic mass is 10.0. The predicted molar refractivity (Wildman–Crippen MR) is 111 cm³/mol. The van der Waals surface area contributed by atoms with E-state index in [0.29, 0.717) is 24.9 Å². The van der Waals surface area contributed by atoms with Gasteiger partial charge in [-0.05, 0) is 42.5 Å². The number of rotatable bonds is 6. The second kappa shape index (κ2) is 9.77. The monoisotopic (exact) mass is 388 g/mol. The highest BCUT2D eigenvalue weighted by atomic mass is 35.5. The van der Waals surface area contributed by atoms with Crippen LogP contribution in [-0.4, -0.2) is 30.4 Å². The SMILES string of the molecule is CC(C)c1cccc(OC(C(=O)N2CCC(CN)C2)c2ccccc2)c1.Cl. The first-order chi connectivity index (χ1) is 12.6. The largest absolute Gasteiger partial charge is 0.476 e. The minimum Gasteiger partial charge on any atom is -0.476 e. The van der Waals surface area contributed by atoms with Crippen LogP contribution in [0.15, 0.2) is 54.6 Å². The van der Waals surface area contributed by atoms with Gasteiger partial charge in [0.05, 0.1) is 0 Å². The van der Waals surface area contributed by atoms with E-state index in [4.69, 9.17) is 10.5 Å². The van der Waals surface area contributed by atoms with Gasteiger partial charge in [-0.25, -0.2) is 0 Å². The fourth-order valence-electron chi connectivity index (χ4n) is 3.36. The fourth-order valence-corrected chi connectivity index (χ4v) is 3.36. The van der Waals surface area contributed by atoms with E-state index in [-0.39, 0.29) is 18.3 Å². The summed E-state index contributed by atoms with van der Waals surface area (Å²) in [5, 5.41) is 0. The molecule has 146 valence electrons. The van der Waals surface area contributed by atoms with Gasteiger partial charge < -0.3 is 15.4 Å². The zero-order chi connectivity index (χ0) is 18.5. The second-order valence-corrected chi connectivity index (χ2v) is 7.31. The topological polar surface area (TPSA) is 55.6 Å². The molecule has 0 aromatic heterocycles. The maximum absolute atomic E-state index is 13.2. The molecule has 1 aliphatic heterocycles. The molecule has 1 amide bonds. The molecule has 2 aromatic rings. The van der Waals surface area contributed by atoms with Crippen molar-refractivity contribution in [2.75, 3.05) is 19.6 Å². The van der Waals surface area contributed by atoms with Gasteiger partial charge in [0.15, 0.2) is 0 Å². The third-order valence-corrected chi connectivity index (χ3v) is 5.04. The summed E-state index contributed by atoms with van der Waals surface area (Å²) in [7, 11) is 0. The van der Waals surface area contributed by atoms with Crippen molar-refractivity contribution >= 4 is 18.3 Å². The summed E-state index contributed by atoms with van der Waals surface area (Å²) in [5.74, 6) is 1.54. The summed E-state index contributed by atoms with van der Waals surface area (Å²) >= 11 is 0. The van der Waals surface area contributed by atoms with Gasteiger partial charge in [0.1, 0.15) is 5.75 Å². The van der Waals surface area contributed by atoms with E-state index in [2.05, 4.69) is 19.9 Å². The average Bonchev–Trinajstić information content (AvgIpc) is 3.16. The summed E-state index contributed by atoms with van der Waals surface area (Å²) in [6.07, 6.45) is 0.335. The molecule has 27 heavy (non-hydrogen) atoms. The van der Waals surface area contributed by atoms with E-state index >= 15 is 0 Å². The number of benzene rings is 2. The third kappa shape index (κ3) is 5.24. The van der Waals surface area contributed by atoms with Crippen molar-refractivity contribution in [2.45, 2.75) is 32.3 Å². The lowest BCUT2D eigenvalue weighted by molar-refractivity contribution is -0.138. The summed E-state index contributed by atoms with van der Waals surface area (Å²) < 4.78 is 6.21. The standard InChI is InChI=1S/C22H28N2O2.ClH/c1-16(2)19-9-6-10-20(13-19)26-21(18-7-4-3-5-8-18)22(25)24-12-11-17(14-23)15-24;/h3-10,13,16-17,21H,11-12,14-15,23H2,1-2H3;1H. The number of ether oxygens (including phenoxy) is 1. The highest BCUT2D eigenvalue weighted by Crippen LogP contribution is 2.28. The number of hydrogen-bond acceptors (Lipinski definition) is 3. The third-order valence-electron chi connectivity index (χ3n) is 5.04. The van der Waals surface area contributed by atoms with Crippen molar-refractivity contribution in [1.29, 1.82) is 0 Å². The number of carbonyl (C=O) groups is 1. The Morgan fingerprint density at radius 3 is 2.48 bits per heavy atom. The van der Waals surface area contributed by atoms with Crippen LogP contribution in [0.1, 0.15) is 43.4 Å². The van der Waals surface area contributed by atoms with Crippen LogP contribution in [0, 0.1) is 5.92 Å². The molecule has 0 spiro atoms. The first kappa shape index (κ1) is 21.3. The molecule has 3 rings (SSSR count). The highest BCUT2D eigenvalue weighted by molar-refractivity contribution is 5.85. The van der Waals surface area contributed by atoms with Crippen molar-refractivity contribution in [3.63, 3.8) is 0 Å². The molecule has 0 aliphatic carbocycles. The number of hydrogen-bond donors (Lipinski definition) is 1. The minimum atomic E-state index is -0.630. The van der Waals surface area contributed by atoms with Crippen LogP contribution in [0.5, 0.6) is 5.75 Å². The molecule has 2 aromatic carbocycles. The minimum absolute atomic E-state index is 0. The molecule has 2 atom stereocenters. The zero-order valence-electron chi connectivity index (χ0n) is 16.0. The molecule has 0 saturated carbocycles. The van der Waals surface area contributed by atoms with Gasteiger partial charge in [-0.15, -0.1) is 12.4 Å². The van der Waals surface area contributed by atoms with Crippen LogP contribution in [-0.2, 0) is 4.79 Å². The van der Waals surface area contributed by atoms with Crippen molar-refractivity contribution in [3.8, 4) is 5.75 Å². The number of amides is 1. The molecule has 0 bridgehead atoms. The van der Waals surface area contributed by atoms with Crippen LogP contribution in [0.2, 0.25) is 0 Å². The van der Waals surface area contributed by atoms with E-state index in [9.17, 15) is 4.79 Å². The molecule has 2 unspecified atom stereocenters. The molecule has 1 heterocycles. The van der Waals surface area contributed by atoms with Gasteiger partial charge in [0.2, 0.25) is 6.10 Å². The van der Waals surface area contributed by atoms with Crippen molar-refractivity contribution < 1.29 is 9.53 Å². The lowest BCUT2D eigenvalue weighted by Gasteiger charge is -2.25. The molecular formula is C22H29ClN2O2. The average molecular weight is 389 g/mol. The Morgan fingerprint density at radius 1 is 1.15 bits per heavy atom. The van der Waals surface area contributed by atoms with Crippen LogP contribution < -0.4 is 10.5 Å². The maximum atomic E-state index is 13.2. The van der Waals surface area contributed by atoms with E-state index in [1.807, 2.05) is 53.4 Å². The number of nitrogens with two attached hydrogens (primary N) is 1. The predicted octanol–water partition coefficient (Wildman–Crippen LogP) is 4.16. The number of carbonyl (C=O) groups excluding carboxylic acids is 1. The lowest BCUT2D eigenvalue weighted by Crippen LogP contribution is -2.36. The Hall–Kier alpha value is -2.04. The summed E-state index contributed by atoms with van der Waals surface area (Å²) in [6, 6.07) is 17.7. The smallest absolute Gasteiger partial charge is 0.268 e. The van der Waals surface area contributed by atoms with Gasteiger partial charge in [-0.3, -0.25) is 4.79 Å². The van der Waals surface area contributed by atoms with Crippen LogP contribution in [0.4, 0.5) is 0 Å². The highest BCUT2D eigenvalue weighted by Gasteiger charge is 2.32. The van der Waals surface area contributed by atoms with Crippen LogP contribution in [0.25, 0.3) is 0 Å². The molecule has 0 radical (unpaired) electrons. The Balaban J connectivity index is 0.00000261. The Bertz CT molecular complexity index is 736. The second-order valence-electron chi connectivity index (χ2n) is 7.31. The Morgan fingerprint density at radius 2 is 1.85 bits per heavy atom. The quantitative estimate of drug-likeness (QED) is 0.808.